The van der Waals surface area contributed by atoms with E-state index < -0.39 is 0 Å². The van der Waals surface area contributed by atoms with Crippen molar-refractivity contribution in [2.75, 3.05) is 0 Å². The van der Waals surface area contributed by atoms with Crippen LogP contribution in [0.3, 0.4) is 0 Å². The van der Waals surface area contributed by atoms with Crippen molar-refractivity contribution in [1.82, 2.24) is 9.97 Å². The summed E-state index contributed by atoms with van der Waals surface area (Å²) in [5.74, 6) is 0. The molecule has 0 aliphatic rings. The molecule has 0 aliphatic heterocycles. The highest BCUT2D eigenvalue weighted by molar-refractivity contribution is 7.99. The van der Waals surface area contributed by atoms with Crippen molar-refractivity contribution in [3.05, 3.63) is 54.0 Å². The average Bonchev–Trinajstić information content (AvgIpc) is 2.38. The van der Waals surface area contributed by atoms with Crippen molar-refractivity contribution < 1.29 is 0 Å². The van der Waals surface area contributed by atoms with Crippen LogP contribution in [0.4, 0.5) is 0 Å². The summed E-state index contributed by atoms with van der Waals surface area (Å²) in [6, 6.07) is 8.54. The SMILES string of the molecule is Cc1ccc(C(Sc2cnccn2)C(C)N)cc1. The summed E-state index contributed by atoms with van der Waals surface area (Å²) in [7, 11) is 0. The van der Waals surface area contributed by atoms with Crippen molar-refractivity contribution in [2.24, 2.45) is 5.73 Å². The largest absolute Gasteiger partial charge is 0.327 e. The molecule has 4 heteroatoms. The molecule has 3 nitrogen and oxygen atoms in total. The summed E-state index contributed by atoms with van der Waals surface area (Å²) >= 11 is 1.66. The Morgan fingerprint density at radius 3 is 2.44 bits per heavy atom. The molecule has 2 atom stereocenters. The van der Waals surface area contributed by atoms with Gasteiger partial charge >= 0.3 is 0 Å². The maximum atomic E-state index is 6.09. The second-order valence-electron chi connectivity index (χ2n) is 4.35. The van der Waals surface area contributed by atoms with Crippen LogP contribution in [0.15, 0.2) is 47.9 Å². The molecule has 18 heavy (non-hydrogen) atoms. The highest BCUT2D eigenvalue weighted by atomic mass is 32.2. The molecule has 0 spiro atoms. The van der Waals surface area contributed by atoms with Gasteiger partial charge in [-0.3, -0.25) is 4.98 Å². The standard InChI is InChI=1S/C14H17N3S/c1-10-3-5-12(6-4-10)14(11(2)15)18-13-9-16-7-8-17-13/h3-9,11,14H,15H2,1-2H3. The van der Waals surface area contributed by atoms with Gasteiger partial charge in [-0.2, -0.15) is 0 Å². The molecule has 0 radical (unpaired) electrons. The van der Waals surface area contributed by atoms with Crippen LogP contribution >= 0.6 is 11.8 Å². The predicted octanol–water partition coefficient (Wildman–Crippen LogP) is 2.97. The van der Waals surface area contributed by atoms with E-state index in [1.54, 1.807) is 30.4 Å². The molecular weight excluding hydrogens is 242 g/mol. The minimum Gasteiger partial charge on any atom is -0.327 e. The van der Waals surface area contributed by atoms with Crippen LogP contribution in [0.2, 0.25) is 0 Å². The summed E-state index contributed by atoms with van der Waals surface area (Å²) < 4.78 is 0. The maximum Gasteiger partial charge on any atom is 0.115 e. The second kappa shape index (κ2) is 5.98. The molecule has 2 rings (SSSR count). The fraction of sp³-hybridized carbons (Fsp3) is 0.286. The molecule has 2 aromatic rings. The number of hydrogen-bond acceptors (Lipinski definition) is 4. The second-order valence-corrected chi connectivity index (χ2v) is 5.51. The summed E-state index contributed by atoms with van der Waals surface area (Å²) in [6.45, 7) is 4.11. The molecule has 1 aromatic heterocycles. The molecule has 0 amide bonds. The first-order chi connectivity index (χ1) is 8.66. The van der Waals surface area contributed by atoms with Gasteiger partial charge in [0.05, 0.1) is 11.4 Å². The molecule has 0 saturated heterocycles. The summed E-state index contributed by atoms with van der Waals surface area (Å²) in [4.78, 5) is 8.37. The van der Waals surface area contributed by atoms with Crippen LogP contribution in [-0.2, 0) is 0 Å². The number of hydrogen-bond donors (Lipinski definition) is 1. The van der Waals surface area contributed by atoms with Gasteiger partial charge < -0.3 is 5.73 Å². The van der Waals surface area contributed by atoms with Gasteiger partial charge in [-0.25, -0.2) is 4.98 Å². The third-order valence-electron chi connectivity index (χ3n) is 2.67. The van der Waals surface area contributed by atoms with Crippen LogP contribution < -0.4 is 5.73 Å². The van der Waals surface area contributed by atoms with Gasteiger partial charge in [0, 0.05) is 18.4 Å². The molecule has 0 bridgehead atoms. The highest BCUT2D eigenvalue weighted by Gasteiger charge is 2.18. The number of rotatable bonds is 4. The van der Waals surface area contributed by atoms with Gasteiger partial charge in [0.15, 0.2) is 0 Å². The van der Waals surface area contributed by atoms with Crippen LogP contribution in [0.25, 0.3) is 0 Å². The molecule has 94 valence electrons. The monoisotopic (exact) mass is 259 g/mol. The van der Waals surface area contributed by atoms with E-state index in [0.29, 0.717) is 0 Å². The Morgan fingerprint density at radius 2 is 1.89 bits per heavy atom. The highest BCUT2D eigenvalue weighted by Crippen LogP contribution is 2.35. The lowest BCUT2D eigenvalue weighted by Crippen LogP contribution is -2.22. The zero-order valence-electron chi connectivity index (χ0n) is 10.6. The molecule has 1 heterocycles. The third kappa shape index (κ3) is 3.31. The molecule has 1 aromatic carbocycles. The number of benzene rings is 1. The molecule has 2 unspecified atom stereocenters. The average molecular weight is 259 g/mol. The van der Waals surface area contributed by atoms with E-state index in [0.717, 1.165) is 5.03 Å². The number of nitrogens with zero attached hydrogens (tertiary/aromatic N) is 2. The fourth-order valence-corrected chi connectivity index (χ4v) is 2.72. The third-order valence-corrected chi connectivity index (χ3v) is 4.08. The van der Waals surface area contributed by atoms with E-state index in [4.69, 9.17) is 5.73 Å². The van der Waals surface area contributed by atoms with Gasteiger partial charge in [0.2, 0.25) is 0 Å². The summed E-state index contributed by atoms with van der Waals surface area (Å²) in [6.07, 6.45) is 5.15. The topological polar surface area (TPSA) is 51.8 Å². The lowest BCUT2D eigenvalue weighted by molar-refractivity contribution is 0.719. The Kier molecular flexibility index (Phi) is 4.33. The lowest BCUT2D eigenvalue weighted by Gasteiger charge is -2.20. The fourth-order valence-electron chi connectivity index (χ4n) is 1.71. The van der Waals surface area contributed by atoms with Crippen LogP contribution in [0, 0.1) is 6.92 Å². The quantitative estimate of drug-likeness (QED) is 0.858. The molecule has 2 N–H and O–H groups in total. The van der Waals surface area contributed by atoms with E-state index in [1.807, 2.05) is 6.92 Å². The van der Waals surface area contributed by atoms with Gasteiger partial charge in [0.25, 0.3) is 0 Å². The summed E-state index contributed by atoms with van der Waals surface area (Å²) in [5.41, 5.74) is 8.57. The molecule has 0 saturated carbocycles. The normalized spacial score (nSPS) is 14.2. The first kappa shape index (κ1) is 13.1. The van der Waals surface area contributed by atoms with Crippen molar-refractivity contribution in [1.29, 1.82) is 0 Å². The van der Waals surface area contributed by atoms with Gasteiger partial charge in [-0.05, 0) is 19.4 Å². The van der Waals surface area contributed by atoms with Gasteiger partial charge in [-0.1, -0.05) is 41.6 Å². The van der Waals surface area contributed by atoms with Crippen molar-refractivity contribution in [2.45, 2.75) is 30.2 Å². The maximum absolute atomic E-state index is 6.09. The van der Waals surface area contributed by atoms with Crippen LogP contribution in [0.1, 0.15) is 23.3 Å². The Bertz CT molecular complexity index is 482. The summed E-state index contributed by atoms with van der Waals surface area (Å²) in [5, 5.41) is 1.10. The smallest absolute Gasteiger partial charge is 0.115 e. The van der Waals surface area contributed by atoms with E-state index in [1.165, 1.54) is 11.1 Å². The number of nitrogens with two attached hydrogens (primary N) is 1. The van der Waals surface area contributed by atoms with Crippen LogP contribution in [-0.4, -0.2) is 16.0 Å². The van der Waals surface area contributed by atoms with Crippen LogP contribution in [0.5, 0.6) is 0 Å². The number of aromatic nitrogens is 2. The van der Waals surface area contributed by atoms with E-state index in [-0.39, 0.29) is 11.3 Å². The van der Waals surface area contributed by atoms with Crippen molar-refractivity contribution in [3.8, 4) is 0 Å². The zero-order chi connectivity index (χ0) is 13.0. The van der Waals surface area contributed by atoms with Crippen molar-refractivity contribution >= 4 is 11.8 Å². The lowest BCUT2D eigenvalue weighted by atomic mass is 10.1. The van der Waals surface area contributed by atoms with Gasteiger partial charge in [0.1, 0.15) is 5.03 Å². The Hall–Kier alpha value is -1.39. The van der Waals surface area contributed by atoms with Gasteiger partial charge in [-0.15, -0.1) is 0 Å². The minimum atomic E-state index is 0.0553. The minimum absolute atomic E-state index is 0.0553. The first-order valence-electron chi connectivity index (χ1n) is 5.91. The zero-order valence-corrected chi connectivity index (χ0v) is 11.4. The molecular formula is C14H17N3S. The number of thioether (sulfide) groups is 1. The molecule has 0 fully saturated rings. The molecule has 0 aliphatic carbocycles. The van der Waals surface area contributed by atoms with Crippen molar-refractivity contribution in [3.63, 3.8) is 0 Å². The van der Waals surface area contributed by atoms with E-state index >= 15 is 0 Å². The van der Waals surface area contributed by atoms with E-state index in [9.17, 15) is 0 Å². The number of aryl methyl sites for hydroxylation is 1. The Balaban J connectivity index is 2.21. The first-order valence-corrected chi connectivity index (χ1v) is 6.79. The predicted molar refractivity (Wildman–Crippen MR) is 75.5 cm³/mol. The Labute approximate surface area is 112 Å². The van der Waals surface area contributed by atoms with E-state index in [2.05, 4.69) is 41.2 Å². The Morgan fingerprint density at radius 1 is 1.17 bits per heavy atom.